The van der Waals surface area contributed by atoms with Crippen molar-refractivity contribution in [1.82, 2.24) is 15.3 Å². The normalized spacial score (nSPS) is 13.0. The third-order valence-electron chi connectivity index (χ3n) is 2.97. The molecule has 0 fully saturated rings. The molecule has 0 saturated carbocycles. The number of alkyl halides is 3. The number of nitrogens with zero attached hydrogens (tertiary/aromatic N) is 2. The number of hydrogen-bond donors (Lipinski definition) is 2. The van der Waals surface area contributed by atoms with Crippen LogP contribution >= 0.6 is 27.3 Å². The molecule has 0 aromatic carbocycles. The van der Waals surface area contributed by atoms with Gasteiger partial charge in [0, 0.05) is 21.1 Å². The van der Waals surface area contributed by atoms with E-state index in [4.69, 9.17) is 5.73 Å². The summed E-state index contributed by atoms with van der Waals surface area (Å²) in [6.45, 7) is 3.04. The van der Waals surface area contributed by atoms with Gasteiger partial charge in [0.05, 0.1) is 11.7 Å². The molecule has 0 spiro atoms. The van der Waals surface area contributed by atoms with E-state index in [-0.39, 0.29) is 9.88 Å². The molecule has 2 amide bonds. The van der Waals surface area contributed by atoms with Crippen molar-refractivity contribution in [2.24, 2.45) is 5.73 Å². The molecule has 0 aliphatic heterocycles. The Morgan fingerprint density at radius 2 is 2.13 bits per heavy atom. The van der Waals surface area contributed by atoms with Crippen molar-refractivity contribution in [2.75, 3.05) is 0 Å². The number of thiazole rings is 1. The Kier molecular flexibility index (Phi) is 4.95. The number of primary amides is 1. The maximum absolute atomic E-state index is 12.9. The largest absolute Gasteiger partial charge is 0.434 e. The molecule has 0 aliphatic rings. The molecule has 5 nitrogen and oxygen atoms in total. The molecule has 0 bridgehead atoms. The third-order valence-corrected chi connectivity index (χ3v) is 4.61. The van der Waals surface area contributed by atoms with E-state index in [1.54, 1.807) is 13.0 Å². The fourth-order valence-corrected chi connectivity index (χ4v) is 3.42. The summed E-state index contributed by atoms with van der Waals surface area (Å²) in [6.07, 6.45) is -3.05. The molecule has 3 N–H and O–H groups in total. The van der Waals surface area contributed by atoms with Crippen molar-refractivity contribution in [1.29, 1.82) is 0 Å². The van der Waals surface area contributed by atoms with Crippen LogP contribution in [0.25, 0.3) is 10.6 Å². The minimum Gasteiger partial charge on any atom is -0.352 e. The Labute approximate surface area is 142 Å². The van der Waals surface area contributed by atoms with Crippen LogP contribution < -0.4 is 11.1 Å². The highest BCUT2D eigenvalue weighted by atomic mass is 79.9. The zero-order valence-electron chi connectivity index (χ0n) is 12.0. The van der Waals surface area contributed by atoms with Crippen LogP contribution in [0.3, 0.4) is 0 Å². The second-order valence-electron chi connectivity index (χ2n) is 4.74. The molecule has 23 heavy (non-hydrogen) atoms. The van der Waals surface area contributed by atoms with Gasteiger partial charge >= 0.3 is 12.2 Å². The highest BCUT2D eigenvalue weighted by molar-refractivity contribution is 9.10. The van der Waals surface area contributed by atoms with Gasteiger partial charge in [-0.2, -0.15) is 13.2 Å². The fourth-order valence-electron chi connectivity index (χ4n) is 1.92. The van der Waals surface area contributed by atoms with E-state index in [1.807, 2.05) is 0 Å². The first-order valence-electron chi connectivity index (χ1n) is 6.36. The average molecular weight is 409 g/mol. The fraction of sp³-hybridized carbons (Fsp3) is 0.308. The van der Waals surface area contributed by atoms with E-state index in [9.17, 15) is 18.0 Å². The molecule has 2 heterocycles. The van der Waals surface area contributed by atoms with E-state index >= 15 is 0 Å². The van der Waals surface area contributed by atoms with Crippen LogP contribution in [0.1, 0.15) is 29.2 Å². The minimum atomic E-state index is -4.50. The Bertz CT molecular complexity index is 747. The van der Waals surface area contributed by atoms with Gasteiger partial charge in [-0.1, -0.05) is 0 Å². The quantitative estimate of drug-likeness (QED) is 0.804. The standard InChI is InChI=1S/C13H12BrF3N4OS/c1-5(20-12(18)22)9-3-7(8(14)4-19-9)11-21-10(6(2)23-11)13(15,16)17/h3-5H,1-2H3,(H3,18,20,22). The summed E-state index contributed by atoms with van der Waals surface area (Å²) in [5.41, 5.74) is 5.09. The van der Waals surface area contributed by atoms with Crippen LogP contribution in [-0.4, -0.2) is 16.0 Å². The molecule has 0 aliphatic carbocycles. The Morgan fingerprint density at radius 1 is 1.48 bits per heavy atom. The number of aromatic nitrogens is 2. The van der Waals surface area contributed by atoms with Gasteiger partial charge in [-0.15, -0.1) is 11.3 Å². The van der Waals surface area contributed by atoms with Crippen molar-refractivity contribution < 1.29 is 18.0 Å². The van der Waals surface area contributed by atoms with Crippen molar-refractivity contribution >= 4 is 33.3 Å². The average Bonchev–Trinajstić information content (AvgIpc) is 2.80. The van der Waals surface area contributed by atoms with Crippen molar-refractivity contribution in [3.05, 3.63) is 33.0 Å². The number of urea groups is 1. The molecule has 2 aromatic rings. The molecule has 0 radical (unpaired) electrons. The molecule has 1 unspecified atom stereocenters. The number of carbonyl (C=O) groups excluding carboxylic acids is 1. The van der Waals surface area contributed by atoms with Gasteiger partial charge in [-0.3, -0.25) is 4.98 Å². The van der Waals surface area contributed by atoms with Gasteiger partial charge in [0.25, 0.3) is 0 Å². The summed E-state index contributed by atoms with van der Waals surface area (Å²) in [6, 6.07) is 0.374. The van der Waals surface area contributed by atoms with E-state index in [0.717, 1.165) is 11.3 Å². The third kappa shape index (κ3) is 3.99. The molecule has 0 saturated heterocycles. The molecule has 10 heteroatoms. The minimum absolute atomic E-state index is 0.0843. The summed E-state index contributed by atoms with van der Waals surface area (Å²) in [7, 11) is 0. The first kappa shape index (κ1) is 17.7. The number of pyridine rings is 1. The first-order chi connectivity index (χ1) is 10.6. The van der Waals surface area contributed by atoms with Crippen LogP contribution in [0.5, 0.6) is 0 Å². The molecule has 2 rings (SSSR count). The summed E-state index contributed by atoms with van der Waals surface area (Å²) in [5.74, 6) is 0. The first-order valence-corrected chi connectivity index (χ1v) is 7.97. The van der Waals surface area contributed by atoms with Crippen LogP contribution in [-0.2, 0) is 6.18 Å². The van der Waals surface area contributed by atoms with E-state index in [1.165, 1.54) is 13.1 Å². The van der Waals surface area contributed by atoms with Crippen molar-refractivity contribution in [3.8, 4) is 10.6 Å². The monoisotopic (exact) mass is 408 g/mol. The number of amides is 2. The second-order valence-corrected chi connectivity index (χ2v) is 6.80. The van der Waals surface area contributed by atoms with Gasteiger partial charge in [-0.05, 0) is 35.8 Å². The number of halogens is 4. The summed E-state index contributed by atoms with van der Waals surface area (Å²) < 4.78 is 39.2. The zero-order chi connectivity index (χ0) is 17.4. The number of nitrogens with two attached hydrogens (primary N) is 1. The number of carbonyl (C=O) groups is 1. The lowest BCUT2D eigenvalue weighted by Crippen LogP contribution is -2.32. The van der Waals surface area contributed by atoms with Crippen molar-refractivity contribution in [3.63, 3.8) is 0 Å². The maximum atomic E-state index is 12.9. The van der Waals surface area contributed by atoms with Gasteiger partial charge in [0.1, 0.15) is 5.01 Å². The molecule has 1 atom stereocenters. The summed E-state index contributed by atoms with van der Waals surface area (Å²) in [4.78, 5) is 18.8. The highest BCUT2D eigenvalue weighted by Gasteiger charge is 2.36. The maximum Gasteiger partial charge on any atom is 0.434 e. The Morgan fingerprint density at radius 3 is 2.65 bits per heavy atom. The lowest BCUT2D eigenvalue weighted by atomic mass is 10.1. The van der Waals surface area contributed by atoms with Crippen LogP contribution in [0.15, 0.2) is 16.7 Å². The van der Waals surface area contributed by atoms with Gasteiger partial charge < -0.3 is 11.1 Å². The number of aryl methyl sites for hydroxylation is 1. The Balaban J connectivity index is 2.46. The van der Waals surface area contributed by atoms with Gasteiger partial charge in [0.15, 0.2) is 5.69 Å². The van der Waals surface area contributed by atoms with Crippen molar-refractivity contribution in [2.45, 2.75) is 26.1 Å². The molecule has 2 aromatic heterocycles. The number of rotatable bonds is 3. The summed E-state index contributed by atoms with van der Waals surface area (Å²) >= 11 is 4.20. The molecule has 124 valence electrons. The predicted molar refractivity (Wildman–Crippen MR) is 83.9 cm³/mol. The van der Waals surface area contributed by atoms with Gasteiger partial charge in [-0.25, -0.2) is 9.78 Å². The number of nitrogens with one attached hydrogen (secondary N) is 1. The predicted octanol–water partition coefficient (Wildman–Crippen LogP) is 4.02. The van der Waals surface area contributed by atoms with Crippen LogP contribution in [0.4, 0.5) is 18.0 Å². The second kappa shape index (κ2) is 6.44. The topological polar surface area (TPSA) is 80.9 Å². The smallest absolute Gasteiger partial charge is 0.352 e. The number of hydrogen-bond acceptors (Lipinski definition) is 4. The van der Waals surface area contributed by atoms with E-state index < -0.39 is 23.9 Å². The van der Waals surface area contributed by atoms with Crippen LogP contribution in [0.2, 0.25) is 0 Å². The molecular weight excluding hydrogens is 397 g/mol. The van der Waals surface area contributed by atoms with E-state index in [0.29, 0.717) is 15.7 Å². The molecular formula is C13H12BrF3N4OS. The summed E-state index contributed by atoms with van der Waals surface area (Å²) in [5, 5.41) is 2.68. The Hall–Kier alpha value is -1.68. The zero-order valence-corrected chi connectivity index (χ0v) is 14.4. The lowest BCUT2D eigenvalue weighted by Gasteiger charge is -2.13. The highest BCUT2D eigenvalue weighted by Crippen LogP contribution is 2.39. The van der Waals surface area contributed by atoms with E-state index in [2.05, 4.69) is 31.2 Å². The lowest BCUT2D eigenvalue weighted by molar-refractivity contribution is -0.141. The van der Waals surface area contributed by atoms with Gasteiger partial charge in [0.2, 0.25) is 0 Å². The van der Waals surface area contributed by atoms with Crippen LogP contribution in [0, 0.1) is 6.92 Å². The SMILES string of the molecule is Cc1sc(-c2cc(C(C)NC(N)=O)ncc2Br)nc1C(F)(F)F.